The van der Waals surface area contributed by atoms with Gasteiger partial charge < -0.3 is 5.32 Å². The molecule has 14 heavy (non-hydrogen) atoms. The Kier molecular flexibility index (Phi) is 3.60. The van der Waals surface area contributed by atoms with Crippen LogP contribution in [0.2, 0.25) is 0 Å². The van der Waals surface area contributed by atoms with E-state index < -0.39 is 0 Å². The van der Waals surface area contributed by atoms with Gasteiger partial charge in [-0.15, -0.1) is 0 Å². The third-order valence-corrected chi connectivity index (χ3v) is 3.82. The molecule has 1 nitrogen and oxygen atoms in total. The zero-order valence-electron chi connectivity index (χ0n) is 8.83. The molecule has 1 unspecified atom stereocenters. The highest BCUT2D eigenvalue weighted by atomic mass is 32.1. The molecule has 2 rings (SSSR count). The summed E-state index contributed by atoms with van der Waals surface area (Å²) in [6, 6.07) is 2.98. The molecular weight excluding hydrogens is 190 g/mol. The van der Waals surface area contributed by atoms with E-state index in [4.69, 9.17) is 0 Å². The molecule has 78 valence electrons. The second-order valence-corrected chi connectivity index (χ2v) is 5.11. The van der Waals surface area contributed by atoms with E-state index in [9.17, 15) is 0 Å². The van der Waals surface area contributed by atoms with Crippen LogP contribution in [0.4, 0.5) is 0 Å². The lowest BCUT2D eigenvalue weighted by atomic mass is 10.0. The molecule has 0 aromatic carbocycles. The van der Waals surface area contributed by atoms with Crippen LogP contribution in [-0.2, 0) is 6.42 Å². The van der Waals surface area contributed by atoms with E-state index in [2.05, 4.69) is 29.2 Å². The van der Waals surface area contributed by atoms with Crippen molar-refractivity contribution in [3.8, 4) is 0 Å². The van der Waals surface area contributed by atoms with Crippen LogP contribution < -0.4 is 5.32 Å². The lowest BCUT2D eigenvalue weighted by molar-refractivity contribution is 0.464. The summed E-state index contributed by atoms with van der Waals surface area (Å²) in [5.41, 5.74) is 1.51. The molecule has 1 heterocycles. The Hall–Kier alpha value is -0.340. The summed E-state index contributed by atoms with van der Waals surface area (Å²) in [4.78, 5) is 0. The van der Waals surface area contributed by atoms with Crippen LogP contribution in [0.3, 0.4) is 0 Å². The first-order valence-corrected chi connectivity index (χ1v) is 6.51. The zero-order chi connectivity index (χ0) is 9.80. The van der Waals surface area contributed by atoms with E-state index in [1.165, 1.54) is 37.7 Å². The maximum atomic E-state index is 3.44. The summed E-state index contributed by atoms with van der Waals surface area (Å²) < 4.78 is 0. The van der Waals surface area contributed by atoms with Crippen molar-refractivity contribution in [3.05, 3.63) is 22.4 Å². The molecule has 1 atom stereocenters. The Labute approximate surface area is 90.5 Å². The first-order chi connectivity index (χ1) is 6.88. The summed E-state index contributed by atoms with van der Waals surface area (Å²) in [7, 11) is 2.10. The fraction of sp³-hybridized carbons (Fsp3) is 0.667. The highest BCUT2D eigenvalue weighted by Gasteiger charge is 2.24. The van der Waals surface area contributed by atoms with Crippen LogP contribution in [0.1, 0.15) is 31.2 Å². The fourth-order valence-corrected chi connectivity index (χ4v) is 2.61. The highest BCUT2D eigenvalue weighted by Crippen LogP contribution is 2.34. The van der Waals surface area contributed by atoms with Gasteiger partial charge in [-0.25, -0.2) is 0 Å². The minimum atomic E-state index is 0.738. The van der Waals surface area contributed by atoms with E-state index in [-0.39, 0.29) is 0 Å². The number of nitrogens with one attached hydrogen (secondary N) is 1. The van der Waals surface area contributed by atoms with Gasteiger partial charge in [0.1, 0.15) is 0 Å². The normalized spacial score (nSPS) is 18.4. The Morgan fingerprint density at radius 3 is 3.00 bits per heavy atom. The molecule has 1 aliphatic rings. The van der Waals surface area contributed by atoms with Crippen molar-refractivity contribution in [1.82, 2.24) is 5.32 Å². The van der Waals surface area contributed by atoms with Crippen LogP contribution in [0.15, 0.2) is 16.8 Å². The molecule has 1 fully saturated rings. The molecule has 0 aliphatic heterocycles. The lowest BCUT2D eigenvalue weighted by Gasteiger charge is -2.14. The summed E-state index contributed by atoms with van der Waals surface area (Å²) in [6.07, 6.45) is 6.86. The Morgan fingerprint density at radius 2 is 2.43 bits per heavy atom. The molecule has 0 saturated heterocycles. The van der Waals surface area contributed by atoms with Crippen LogP contribution >= 0.6 is 11.3 Å². The average Bonchev–Trinajstić information content (AvgIpc) is 2.86. The highest BCUT2D eigenvalue weighted by molar-refractivity contribution is 7.07. The summed E-state index contributed by atoms with van der Waals surface area (Å²) in [5.74, 6) is 1.04. The average molecular weight is 209 g/mol. The topological polar surface area (TPSA) is 12.0 Å². The fourth-order valence-electron chi connectivity index (χ4n) is 1.91. The number of hydrogen-bond acceptors (Lipinski definition) is 2. The van der Waals surface area contributed by atoms with Crippen molar-refractivity contribution in [2.45, 2.75) is 38.1 Å². The standard InChI is InChI=1S/C12H19NS/c1-13-12(8-10-2-3-10)5-4-11-6-7-14-9-11/h6-7,9-10,12-13H,2-5,8H2,1H3. The van der Waals surface area contributed by atoms with Gasteiger partial charge in [-0.2, -0.15) is 11.3 Å². The molecule has 0 radical (unpaired) electrons. The van der Waals surface area contributed by atoms with Crippen molar-refractivity contribution < 1.29 is 0 Å². The molecule has 1 aromatic rings. The van der Waals surface area contributed by atoms with E-state index in [1.807, 2.05) is 0 Å². The van der Waals surface area contributed by atoms with Crippen LogP contribution in [0.25, 0.3) is 0 Å². The first kappa shape index (κ1) is 10.2. The van der Waals surface area contributed by atoms with Crippen molar-refractivity contribution >= 4 is 11.3 Å². The van der Waals surface area contributed by atoms with Gasteiger partial charge in [0.2, 0.25) is 0 Å². The summed E-state index contributed by atoms with van der Waals surface area (Å²) in [6.45, 7) is 0. The molecule has 0 amide bonds. The van der Waals surface area contributed by atoms with Gasteiger partial charge in [0.05, 0.1) is 0 Å². The number of aryl methyl sites for hydroxylation is 1. The van der Waals surface area contributed by atoms with E-state index >= 15 is 0 Å². The van der Waals surface area contributed by atoms with E-state index in [0.29, 0.717) is 0 Å². The second-order valence-electron chi connectivity index (χ2n) is 4.33. The number of thiophene rings is 1. The third-order valence-electron chi connectivity index (χ3n) is 3.08. The van der Waals surface area contributed by atoms with Gasteiger partial charge >= 0.3 is 0 Å². The van der Waals surface area contributed by atoms with Crippen molar-refractivity contribution in [1.29, 1.82) is 0 Å². The molecule has 2 heteroatoms. The number of rotatable bonds is 6. The van der Waals surface area contributed by atoms with Gasteiger partial charge in [0.25, 0.3) is 0 Å². The summed E-state index contributed by atoms with van der Waals surface area (Å²) in [5, 5.41) is 7.88. The summed E-state index contributed by atoms with van der Waals surface area (Å²) >= 11 is 1.80. The molecule has 1 saturated carbocycles. The Bertz CT molecular complexity index is 251. The minimum absolute atomic E-state index is 0.738. The predicted octanol–water partition coefficient (Wildman–Crippen LogP) is 3.07. The first-order valence-electron chi connectivity index (χ1n) is 5.57. The smallest absolute Gasteiger partial charge is 0.00698 e. The largest absolute Gasteiger partial charge is 0.317 e. The molecule has 1 aliphatic carbocycles. The maximum absolute atomic E-state index is 3.44. The van der Waals surface area contributed by atoms with Gasteiger partial charge in [0, 0.05) is 6.04 Å². The van der Waals surface area contributed by atoms with Crippen LogP contribution in [0.5, 0.6) is 0 Å². The van der Waals surface area contributed by atoms with Gasteiger partial charge in [-0.1, -0.05) is 12.8 Å². The van der Waals surface area contributed by atoms with Crippen molar-refractivity contribution in [2.24, 2.45) is 5.92 Å². The maximum Gasteiger partial charge on any atom is 0.00698 e. The monoisotopic (exact) mass is 209 g/mol. The van der Waals surface area contributed by atoms with Gasteiger partial charge in [-0.3, -0.25) is 0 Å². The lowest BCUT2D eigenvalue weighted by Crippen LogP contribution is -2.26. The molecule has 0 bridgehead atoms. The second kappa shape index (κ2) is 4.94. The third kappa shape index (κ3) is 3.10. The number of hydrogen-bond donors (Lipinski definition) is 1. The van der Waals surface area contributed by atoms with Gasteiger partial charge in [-0.05, 0) is 54.6 Å². The van der Waals surface area contributed by atoms with E-state index in [0.717, 1.165) is 12.0 Å². The zero-order valence-corrected chi connectivity index (χ0v) is 9.65. The van der Waals surface area contributed by atoms with Gasteiger partial charge in [0.15, 0.2) is 0 Å². The Balaban J connectivity index is 1.71. The molecule has 1 aromatic heterocycles. The Morgan fingerprint density at radius 1 is 1.57 bits per heavy atom. The van der Waals surface area contributed by atoms with Crippen LogP contribution in [-0.4, -0.2) is 13.1 Å². The molecular formula is C12H19NS. The molecule has 1 N–H and O–H groups in total. The quantitative estimate of drug-likeness (QED) is 0.759. The van der Waals surface area contributed by atoms with Crippen LogP contribution in [0, 0.1) is 5.92 Å². The van der Waals surface area contributed by atoms with Crippen molar-refractivity contribution in [2.75, 3.05) is 7.05 Å². The SMILES string of the molecule is CNC(CCc1ccsc1)CC1CC1. The van der Waals surface area contributed by atoms with E-state index in [1.54, 1.807) is 11.3 Å². The van der Waals surface area contributed by atoms with Crippen molar-refractivity contribution in [3.63, 3.8) is 0 Å². The minimum Gasteiger partial charge on any atom is -0.317 e. The molecule has 0 spiro atoms. The predicted molar refractivity (Wildman–Crippen MR) is 62.8 cm³/mol.